The first kappa shape index (κ1) is 17.3. The van der Waals surface area contributed by atoms with Gasteiger partial charge in [-0.3, -0.25) is 9.59 Å². The summed E-state index contributed by atoms with van der Waals surface area (Å²) in [6.45, 7) is 1.99. The van der Waals surface area contributed by atoms with Gasteiger partial charge in [-0.25, -0.2) is 0 Å². The van der Waals surface area contributed by atoms with Gasteiger partial charge < -0.3 is 19.9 Å². The van der Waals surface area contributed by atoms with E-state index in [9.17, 15) is 14.7 Å². The Labute approximate surface area is 146 Å². The zero-order valence-corrected chi connectivity index (χ0v) is 14.5. The van der Waals surface area contributed by atoms with Crippen LogP contribution in [0, 0.1) is 5.92 Å². The fraction of sp³-hybridized carbons (Fsp3) is 0.474. The summed E-state index contributed by atoms with van der Waals surface area (Å²) in [7, 11) is 1.58. The van der Waals surface area contributed by atoms with Crippen LogP contribution >= 0.6 is 0 Å². The van der Waals surface area contributed by atoms with E-state index in [1.807, 2.05) is 19.1 Å². The number of aliphatic carboxylic acids is 1. The van der Waals surface area contributed by atoms with Crippen LogP contribution in [0.2, 0.25) is 0 Å². The SMILES string of the molecule is COc1ccc2c(c1)C=C(C(=O)NC1(C)CCCCC1C(=O)O)CO2. The molecule has 0 radical (unpaired) electrons. The molecule has 0 saturated heterocycles. The van der Waals surface area contributed by atoms with Crippen molar-refractivity contribution < 1.29 is 24.2 Å². The van der Waals surface area contributed by atoms with Gasteiger partial charge in [-0.15, -0.1) is 0 Å². The number of hydrogen-bond donors (Lipinski definition) is 2. The summed E-state index contributed by atoms with van der Waals surface area (Å²) in [5.74, 6) is -0.312. The van der Waals surface area contributed by atoms with Crippen molar-refractivity contribution in [1.82, 2.24) is 5.32 Å². The lowest BCUT2D eigenvalue weighted by Gasteiger charge is -2.40. The molecule has 1 aliphatic heterocycles. The summed E-state index contributed by atoms with van der Waals surface area (Å²) in [5.41, 5.74) is 0.521. The molecule has 0 bridgehead atoms. The Balaban J connectivity index is 1.81. The molecule has 1 fully saturated rings. The number of ether oxygens (including phenoxy) is 2. The predicted octanol–water partition coefficient (Wildman–Crippen LogP) is 2.62. The highest BCUT2D eigenvalue weighted by atomic mass is 16.5. The summed E-state index contributed by atoms with van der Waals surface area (Å²) < 4.78 is 10.9. The highest BCUT2D eigenvalue weighted by molar-refractivity contribution is 5.99. The number of benzene rings is 1. The molecule has 1 amide bonds. The first-order valence-electron chi connectivity index (χ1n) is 8.50. The molecule has 1 saturated carbocycles. The largest absolute Gasteiger partial charge is 0.497 e. The Morgan fingerprint density at radius 2 is 2.16 bits per heavy atom. The third-order valence-electron chi connectivity index (χ3n) is 5.13. The van der Waals surface area contributed by atoms with E-state index < -0.39 is 17.4 Å². The average Bonchev–Trinajstić information content (AvgIpc) is 2.60. The summed E-state index contributed by atoms with van der Waals surface area (Å²) in [4.78, 5) is 24.3. The fourth-order valence-electron chi connectivity index (χ4n) is 3.63. The van der Waals surface area contributed by atoms with Gasteiger partial charge in [0.1, 0.15) is 18.1 Å². The number of carbonyl (C=O) groups excluding carboxylic acids is 1. The number of carboxylic acid groups (broad SMARTS) is 1. The number of carboxylic acids is 1. The molecule has 25 heavy (non-hydrogen) atoms. The van der Waals surface area contributed by atoms with Crippen LogP contribution in [-0.2, 0) is 9.59 Å². The fourth-order valence-corrected chi connectivity index (χ4v) is 3.63. The van der Waals surface area contributed by atoms with E-state index in [0.717, 1.165) is 18.4 Å². The number of fused-ring (bicyclic) bond motifs is 1. The van der Waals surface area contributed by atoms with E-state index in [1.54, 1.807) is 19.3 Å². The second kappa shape index (κ2) is 6.78. The number of rotatable bonds is 4. The van der Waals surface area contributed by atoms with Crippen LogP contribution in [0.4, 0.5) is 0 Å². The molecule has 1 aromatic carbocycles. The van der Waals surface area contributed by atoms with Crippen molar-refractivity contribution in [3.05, 3.63) is 29.3 Å². The quantitative estimate of drug-likeness (QED) is 0.876. The van der Waals surface area contributed by atoms with Crippen LogP contribution in [0.15, 0.2) is 23.8 Å². The predicted molar refractivity (Wildman–Crippen MR) is 92.6 cm³/mol. The Kier molecular flexibility index (Phi) is 4.70. The molecule has 1 aromatic rings. The van der Waals surface area contributed by atoms with Gasteiger partial charge in [0, 0.05) is 5.56 Å². The number of nitrogens with one attached hydrogen (secondary N) is 1. The van der Waals surface area contributed by atoms with Gasteiger partial charge in [0.2, 0.25) is 0 Å². The van der Waals surface area contributed by atoms with Gasteiger partial charge in [0.15, 0.2) is 0 Å². The highest BCUT2D eigenvalue weighted by Gasteiger charge is 2.42. The van der Waals surface area contributed by atoms with E-state index in [0.29, 0.717) is 29.9 Å². The lowest BCUT2D eigenvalue weighted by molar-refractivity contribution is -0.146. The maximum Gasteiger partial charge on any atom is 0.308 e. The van der Waals surface area contributed by atoms with Gasteiger partial charge in [0.25, 0.3) is 5.91 Å². The summed E-state index contributed by atoms with van der Waals surface area (Å²) in [5, 5.41) is 12.4. The molecule has 6 nitrogen and oxygen atoms in total. The molecule has 134 valence electrons. The minimum Gasteiger partial charge on any atom is -0.497 e. The van der Waals surface area contributed by atoms with Crippen molar-refractivity contribution in [2.24, 2.45) is 5.92 Å². The van der Waals surface area contributed by atoms with Gasteiger partial charge >= 0.3 is 5.97 Å². The number of carbonyl (C=O) groups is 2. The van der Waals surface area contributed by atoms with Crippen LogP contribution in [-0.4, -0.2) is 36.2 Å². The maximum absolute atomic E-state index is 12.7. The molecule has 1 heterocycles. The molecule has 0 spiro atoms. The minimum atomic E-state index is -0.855. The maximum atomic E-state index is 12.7. The average molecular weight is 345 g/mol. The molecule has 2 unspecified atom stereocenters. The molecular weight excluding hydrogens is 322 g/mol. The highest BCUT2D eigenvalue weighted by Crippen LogP contribution is 2.35. The van der Waals surface area contributed by atoms with E-state index in [-0.39, 0.29) is 12.5 Å². The first-order valence-corrected chi connectivity index (χ1v) is 8.50. The Bertz CT molecular complexity index is 727. The molecule has 1 aliphatic carbocycles. The molecule has 2 aliphatic rings. The van der Waals surface area contributed by atoms with Crippen molar-refractivity contribution in [3.8, 4) is 11.5 Å². The Morgan fingerprint density at radius 1 is 1.36 bits per heavy atom. The molecule has 3 rings (SSSR count). The zero-order chi connectivity index (χ0) is 18.0. The molecule has 2 atom stereocenters. The van der Waals surface area contributed by atoms with E-state index in [2.05, 4.69) is 5.32 Å². The summed E-state index contributed by atoms with van der Waals surface area (Å²) in [6.07, 6.45) is 4.81. The van der Waals surface area contributed by atoms with E-state index in [4.69, 9.17) is 9.47 Å². The lowest BCUT2D eigenvalue weighted by Crippen LogP contribution is -2.56. The van der Waals surface area contributed by atoms with Crippen molar-refractivity contribution in [1.29, 1.82) is 0 Å². The monoisotopic (exact) mass is 345 g/mol. The van der Waals surface area contributed by atoms with Crippen molar-refractivity contribution in [2.75, 3.05) is 13.7 Å². The smallest absolute Gasteiger partial charge is 0.308 e. The van der Waals surface area contributed by atoms with E-state index >= 15 is 0 Å². The summed E-state index contributed by atoms with van der Waals surface area (Å²) in [6, 6.07) is 5.42. The van der Waals surface area contributed by atoms with Gasteiger partial charge in [-0.05, 0) is 44.0 Å². The summed E-state index contributed by atoms with van der Waals surface area (Å²) >= 11 is 0. The van der Waals surface area contributed by atoms with Gasteiger partial charge in [-0.1, -0.05) is 12.8 Å². The molecule has 0 aromatic heterocycles. The Hall–Kier alpha value is -2.50. The Morgan fingerprint density at radius 3 is 2.88 bits per heavy atom. The van der Waals surface area contributed by atoms with Crippen LogP contribution < -0.4 is 14.8 Å². The van der Waals surface area contributed by atoms with Crippen LogP contribution in [0.25, 0.3) is 6.08 Å². The number of methoxy groups -OCH3 is 1. The van der Waals surface area contributed by atoms with Crippen LogP contribution in [0.1, 0.15) is 38.2 Å². The van der Waals surface area contributed by atoms with Gasteiger partial charge in [-0.2, -0.15) is 0 Å². The third kappa shape index (κ3) is 3.48. The van der Waals surface area contributed by atoms with Crippen LogP contribution in [0.5, 0.6) is 11.5 Å². The van der Waals surface area contributed by atoms with Crippen molar-refractivity contribution in [3.63, 3.8) is 0 Å². The number of amides is 1. The molecule has 6 heteroatoms. The molecular formula is C19H23NO5. The minimum absolute atomic E-state index is 0.166. The standard InChI is InChI=1S/C19H23NO5/c1-19(8-4-3-5-15(19)18(22)23)20-17(21)13-9-12-10-14(24-2)6-7-16(12)25-11-13/h6-7,9-10,15H,3-5,8,11H2,1-2H3,(H,20,21)(H,22,23). The van der Waals surface area contributed by atoms with Gasteiger partial charge in [0.05, 0.1) is 24.1 Å². The normalized spacial score (nSPS) is 25.2. The first-order chi connectivity index (χ1) is 11.9. The second-order valence-electron chi connectivity index (χ2n) is 6.87. The van der Waals surface area contributed by atoms with E-state index in [1.165, 1.54) is 0 Å². The molecule has 2 N–H and O–H groups in total. The zero-order valence-electron chi connectivity index (χ0n) is 14.5. The third-order valence-corrected chi connectivity index (χ3v) is 5.13. The van der Waals surface area contributed by atoms with Crippen molar-refractivity contribution in [2.45, 2.75) is 38.1 Å². The van der Waals surface area contributed by atoms with Crippen molar-refractivity contribution >= 4 is 18.0 Å². The van der Waals surface area contributed by atoms with Crippen LogP contribution in [0.3, 0.4) is 0 Å². The second-order valence-corrected chi connectivity index (χ2v) is 6.87. The number of hydrogen-bond acceptors (Lipinski definition) is 4. The topological polar surface area (TPSA) is 84.9 Å². The lowest BCUT2D eigenvalue weighted by atomic mass is 9.73.